The molecule has 3 N–H and O–H groups in total. The molecule has 0 saturated heterocycles. The number of nitrogens with two attached hydrogens (primary N) is 1. The van der Waals surface area contributed by atoms with Gasteiger partial charge in [0.15, 0.2) is 0 Å². The van der Waals surface area contributed by atoms with Gasteiger partial charge in [0, 0.05) is 6.42 Å². The van der Waals surface area contributed by atoms with Gasteiger partial charge in [-0.2, -0.15) is 0 Å². The Morgan fingerprint density at radius 3 is 2.25 bits per heavy atom. The van der Waals surface area contributed by atoms with Crippen molar-refractivity contribution in [1.82, 2.24) is 5.32 Å². The van der Waals surface area contributed by atoms with Gasteiger partial charge in [-0.15, -0.1) is 0 Å². The molecule has 0 spiro atoms. The molecule has 0 aromatic heterocycles. The first-order chi connectivity index (χ1) is 7.35. The molecule has 0 radical (unpaired) electrons. The normalized spacial score (nSPS) is 22.4. The van der Waals surface area contributed by atoms with Crippen molar-refractivity contribution < 1.29 is 9.59 Å². The minimum Gasteiger partial charge on any atom is -0.368 e. The quantitative estimate of drug-likeness (QED) is 0.759. The fourth-order valence-electron chi connectivity index (χ4n) is 2.53. The summed E-state index contributed by atoms with van der Waals surface area (Å²) in [6, 6.07) is 0. The second-order valence-electron chi connectivity index (χ2n) is 5.16. The molecule has 0 aliphatic heterocycles. The standard InChI is InChI=1S/C12H22N2O2/c1-4-9(15)14-12(3,10(13)16)11(2)7-5-6-8-11/h4-8H2,1-3H3,(H2,13,16)(H,14,15). The topological polar surface area (TPSA) is 72.2 Å². The summed E-state index contributed by atoms with van der Waals surface area (Å²) in [5.41, 5.74) is 4.36. The van der Waals surface area contributed by atoms with Crippen LogP contribution in [0.15, 0.2) is 0 Å². The summed E-state index contributed by atoms with van der Waals surface area (Å²) in [6.07, 6.45) is 4.45. The van der Waals surface area contributed by atoms with Crippen LogP contribution in [0, 0.1) is 5.41 Å². The smallest absolute Gasteiger partial charge is 0.243 e. The number of carbonyl (C=O) groups excluding carboxylic acids is 2. The average Bonchev–Trinajstić information content (AvgIpc) is 2.66. The van der Waals surface area contributed by atoms with Gasteiger partial charge in [0.25, 0.3) is 0 Å². The monoisotopic (exact) mass is 226 g/mol. The second-order valence-corrected chi connectivity index (χ2v) is 5.16. The predicted molar refractivity (Wildman–Crippen MR) is 62.6 cm³/mol. The summed E-state index contributed by atoms with van der Waals surface area (Å²) < 4.78 is 0. The highest BCUT2D eigenvalue weighted by Gasteiger charge is 2.50. The lowest BCUT2D eigenvalue weighted by atomic mass is 9.70. The predicted octanol–water partition coefficient (Wildman–Crippen LogP) is 1.34. The molecular weight excluding hydrogens is 204 g/mol. The van der Waals surface area contributed by atoms with Gasteiger partial charge in [0.1, 0.15) is 5.54 Å². The summed E-state index contributed by atoms with van der Waals surface area (Å²) in [7, 11) is 0. The summed E-state index contributed by atoms with van der Waals surface area (Å²) in [5.74, 6) is -0.548. The third-order valence-corrected chi connectivity index (χ3v) is 4.12. The van der Waals surface area contributed by atoms with E-state index in [1.807, 2.05) is 6.92 Å². The van der Waals surface area contributed by atoms with Crippen LogP contribution in [-0.4, -0.2) is 17.4 Å². The van der Waals surface area contributed by atoms with Crippen molar-refractivity contribution in [3.8, 4) is 0 Å². The summed E-state index contributed by atoms with van der Waals surface area (Å²) >= 11 is 0. The van der Waals surface area contributed by atoms with E-state index >= 15 is 0 Å². The zero-order valence-corrected chi connectivity index (χ0v) is 10.4. The molecule has 1 aliphatic rings. The van der Waals surface area contributed by atoms with Crippen LogP contribution in [0.5, 0.6) is 0 Å². The van der Waals surface area contributed by atoms with Gasteiger partial charge in [-0.3, -0.25) is 9.59 Å². The highest BCUT2D eigenvalue weighted by Crippen LogP contribution is 2.46. The van der Waals surface area contributed by atoms with Gasteiger partial charge in [-0.25, -0.2) is 0 Å². The molecule has 2 amide bonds. The molecule has 1 saturated carbocycles. The van der Waals surface area contributed by atoms with E-state index in [2.05, 4.69) is 5.32 Å². The minimum absolute atomic E-state index is 0.116. The third kappa shape index (κ3) is 2.06. The zero-order valence-electron chi connectivity index (χ0n) is 10.4. The van der Waals surface area contributed by atoms with E-state index < -0.39 is 11.4 Å². The molecule has 1 aliphatic carbocycles. The van der Waals surface area contributed by atoms with Crippen molar-refractivity contribution in [2.24, 2.45) is 11.1 Å². The third-order valence-electron chi connectivity index (χ3n) is 4.12. The molecule has 0 aromatic carbocycles. The zero-order chi connectivity index (χ0) is 12.4. The van der Waals surface area contributed by atoms with E-state index in [-0.39, 0.29) is 11.3 Å². The van der Waals surface area contributed by atoms with Crippen LogP contribution in [-0.2, 0) is 9.59 Å². The number of primary amides is 1. The Labute approximate surface area is 97.0 Å². The molecule has 16 heavy (non-hydrogen) atoms. The first-order valence-electron chi connectivity index (χ1n) is 5.96. The molecular formula is C12H22N2O2. The van der Waals surface area contributed by atoms with Gasteiger partial charge in [-0.1, -0.05) is 26.7 Å². The lowest BCUT2D eigenvalue weighted by Crippen LogP contribution is -2.63. The Bertz CT molecular complexity index is 295. The number of amides is 2. The van der Waals surface area contributed by atoms with Gasteiger partial charge in [-0.05, 0) is 25.2 Å². The maximum atomic E-state index is 11.7. The van der Waals surface area contributed by atoms with Crippen molar-refractivity contribution in [2.45, 2.75) is 58.4 Å². The number of carbonyl (C=O) groups is 2. The van der Waals surface area contributed by atoms with Gasteiger partial charge < -0.3 is 11.1 Å². The summed E-state index contributed by atoms with van der Waals surface area (Å²) in [4.78, 5) is 23.2. The number of hydrogen-bond acceptors (Lipinski definition) is 2. The molecule has 92 valence electrons. The van der Waals surface area contributed by atoms with Crippen molar-refractivity contribution in [1.29, 1.82) is 0 Å². The van der Waals surface area contributed by atoms with E-state index in [0.29, 0.717) is 6.42 Å². The van der Waals surface area contributed by atoms with Gasteiger partial charge in [0.2, 0.25) is 11.8 Å². The molecule has 0 aromatic rings. The summed E-state index contributed by atoms with van der Waals surface area (Å²) in [6.45, 7) is 5.57. The maximum Gasteiger partial charge on any atom is 0.243 e. The van der Waals surface area contributed by atoms with E-state index in [1.165, 1.54) is 0 Å². The molecule has 0 heterocycles. The molecule has 1 unspecified atom stereocenters. The van der Waals surface area contributed by atoms with Crippen LogP contribution in [0.4, 0.5) is 0 Å². The average molecular weight is 226 g/mol. The second kappa shape index (κ2) is 4.44. The molecule has 4 nitrogen and oxygen atoms in total. The first-order valence-corrected chi connectivity index (χ1v) is 5.96. The van der Waals surface area contributed by atoms with Crippen molar-refractivity contribution in [3.05, 3.63) is 0 Å². The first kappa shape index (κ1) is 13.0. The van der Waals surface area contributed by atoms with Crippen LogP contribution in [0.3, 0.4) is 0 Å². The fourth-order valence-corrected chi connectivity index (χ4v) is 2.53. The number of nitrogens with one attached hydrogen (secondary N) is 1. The lowest BCUT2D eigenvalue weighted by molar-refractivity contribution is -0.136. The van der Waals surface area contributed by atoms with E-state index in [0.717, 1.165) is 25.7 Å². The Morgan fingerprint density at radius 1 is 1.38 bits per heavy atom. The fraction of sp³-hybridized carbons (Fsp3) is 0.833. The molecule has 1 fully saturated rings. The van der Waals surface area contributed by atoms with Crippen LogP contribution < -0.4 is 11.1 Å². The molecule has 4 heteroatoms. The van der Waals surface area contributed by atoms with Crippen LogP contribution in [0.2, 0.25) is 0 Å². The number of hydrogen-bond donors (Lipinski definition) is 2. The van der Waals surface area contributed by atoms with E-state index in [4.69, 9.17) is 5.73 Å². The Balaban J connectivity index is 2.96. The molecule has 1 atom stereocenters. The van der Waals surface area contributed by atoms with E-state index in [9.17, 15) is 9.59 Å². The van der Waals surface area contributed by atoms with Crippen LogP contribution >= 0.6 is 0 Å². The Kier molecular flexibility index (Phi) is 3.61. The van der Waals surface area contributed by atoms with Gasteiger partial charge >= 0.3 is 0 Å². The number of rotatable bonds is 4. The molecule has 1 rings (SSSR count). The Hall–Kier alpha value is -1.06. The van der Waals surface area contributed by atoms with Crippen molar-refractivity contribution in [2.75, 3.05) is 0 Å². The van der Waals surface area contributed by atoms with Crippen LogP contribution in [0.25, 0.3) is 0 Å². The SMILES string of the molecule is CCC(=O)NC(C)(C(N)=O)C1(C)CCCC1. The largest absolute Gasteiger partial charge is 0.368 e. The molecule has 0 bridgehead atoms. The van der Waals surface area contributed by atoms with Crippen molar-refractivity contribution in [3.63, 3.8) is 0 Å². The van der Waals surface area contributed by atoms with Crippen molar-refractivity contribution >= 4 is 11.8 Å². The Morgan fingerprint density at radius 2 is 1.88 bits per heavy atom. The highest BCUT2D eigenvalue weighted by atomic mass is 16.2. The summed E-state index contributed by atoms with van der Waals surface area (Å²) in [5, 5.41) is 2.81. The lowest BCUT2D eigenvalue weighted by Gasteiger charge is -2.42. The highest BCUT2D eigenvalue weighted by molar-refractivity contribution is 5.90. The van der Waals surface area contributed by atoms with E-state index in [1.54, 1.807) is 13.8 Å². The maximum absolute atomic E-state index is 11.7. The van der Waals surface area contributed by atoms with Crippen LogP contribution in [0.1, 0.15) is 52.9 Å². The van der Waals surface area contributed by atoms with Gasteiger partial charge in [0.05, 0.1) is 0 Å². The minimum atomic E-state index is -0.920.